The summed E-state index contributed by atoms with van der Waals surface area (Å²) >= 11 is 0. The van der Waals surface area contributed by atoms with E-state index in [4.69, 9.17) is 0 Å². The maximum absolute atomic E-state index is 12.7. The van der Waals surface area contributed by atoms with Gasteiger partial charge in [-0.1, -0.05) is 12.1 Å². The average Bonchev–Trinajstić information content (AvgIpc) is 2.50. The summed E-state index contributed by atoms with van der Waals surface area (Å²) in [6.45, 7) is 2.18. The largest absolute Gasteiger partial charge is 0.416 e. The number of alkyl halides is 3. The van der Waals surface area contributed by atoms with Gasteiger partial charge in [-0.3, -0.25) is 14.4 Å². The summed E-state index contributed by atoms with van der Waals surface area (Å²) in [7, 11) is 0. The van der Waals surface area contributed by atoms with Crippen molar-refractivity contribution in [1.82, 2.24) is 16.0 Å². The van der Waals surface area contributed by atoms with Crippen molar-refractivity contribution in [3.63, 3.8) is 0 Å². The first kappa shape index (κ1) is 19.5. The molecule has 0 aromatic heterocycles. The first-order valence-electron chi connectivity index (χ1n) is 7.07. The zero-order chi connectivity index (χ0) is 18.3. The van der Waals surface area contributed by atoms with Crippen LogP contribution in [0.3, 0.4) is 0 Å². The molecule has 0 aliphatic rings. The maximum Gasteiger partial charge on any atom is 0.416 e. The molecule has 1 aromatic rings. The molecule has 132 valence electrons. The number of benzene rings is 1. The van der Waals surface area contributed by atoms with E-state index in [9.17, 15) is 27.6 Å². The van der Waals surface area contributed by atoms with Crippen molar-refractivity contribution >= 4 is 17.7 Å². The number of nitrogens with one attached hydrogen (secondary N) is 3. The molecular weight excluding hydrogens is 327 g/mol. The van der Waals surface area contributed by atoms with Gasteiger partial charge in [-0.15, -0.1) is 0 Å². The predicted octanol–water partition coefficient (Wildman–Crippen LogP) is 1.13. The monoisotopic (exact) mass is 345 g/mol. The summed E-state index contributed by atoms with van der Waals surface area (Å²) in [5.74, 6) is -1.49. The molecule has 0 saturated carbocycles. The van der Waals surface area contributed by atoms with E-state index >= 15 is 0 Å². The SMILES string of the molecule is CC(=O)NCC(=O)NCC(=O)NC(C)c1cccc(C(F)(F)F)c1. The van der Waals surface area contributed by atoms with Gasteiger partial charge in [0.05, 0.1) is 24.7 Å². The lowest BCUT2D eigenvalue weighted by Gasteiger charge is -2.16. The van der Waals surface area contributed by atoms with Crippen molar-refractivity contribution in [3.8, 4) is 0 Å². The van der Waals surface area contributed by atoms with Crippen molar-refractivity contribution in [2.24, 2.45) is 0 Å². The lowest BCUT2D eigenvalue weighted by molar-refractivity contribution is -0.137. The molecular formula is C15H18F3N3O3. The van der Waals surface area contributed by atoms with E-state index in [1.807, 2.05) is 0 Å². The van der Waals surface area contributed by atoms with Gasteiger partial charge in [-0.25, -0.2) is 0 Å². The van der Waals surface area contributed by atoms with Crippen molar-refractivity contribution in [2.45, 2.75) is 26.1 Å². The highest BCUT2D eigenvalue weighted by Crippen LogP contribution is 2.30. The van der Waals surface area contributed by atoms with Gasteiger partial charge in [0.2, 0.25) is 17.7 Å². The van der Waals surface area contributed by atoms with E-state index in [0.29, 0.717) is 5.56 Å². The number of carbonyl (C=O) groups is 3. The third-order valence-corrected chi connectivity index (χ3v) is 3.04. The molecule has 1 atom stereocenters. The van der Waals surface area contributed by atoms with Crippen LogP contribution in [0.5, 0.6) is 0 Å². The highest BCUT2D eigenvalue weighted by molar-refractivity contribution is 5.87. The minimum Gasteiger partial charge on any atom is -0.348 e. The first-order valence-corrected chi connectivity index (χ1v) is 7.07. The third kappa shape index (κ3) is 6.67. The van der Waals surface area contributed by atoms with E-state index in [0.717, 1.165) is 12.1 Å². The molecule has 0 aliphatic heterocycles. The topological polar surface area (TPSA) is 87.3 Å². The summed E-state index contributed by atoms with van der Waals surface area (Å²) < 4.78 is 38.0. The molecule has 1 aromatic carbocycles. The van der Waals surface area contributed by atoms with Crippen LogP contribution in [0.1, 0.15) is 31.0 Å². The number of amides is 3. The van der Waals surface area contributed by atoms with Crippen LogP contribution in [0.4, 0.5) is 13.2 Å². The van der Waals surface area contributed by atoms with Crippen LogP contribution in [0.25, 0.3) is 0 Å². The second-order valence-electron chi connectivity index (χ2n) is 5.10. The second-order valence-corrected chi connectivity index (χ2v) is 5.10. The molecule has 3 amide bonds. The summed E-state index contributed by atoms with van der Waals surface area (Å²) in [4.78, 5) is 33.7. The number of carbonyl (C=O) groups excluding carboxylic acids is 3. The Kier molecular flexibility index (Phi) is 6.75. The standard InChI is InChI=1S/C15H18F3N3O3/c1-9(11-4-3-5-12(6-11)15(16,17)18)21-14(24)8-20-13(23)7-19-10(2)22/h3-6,9H,7-8H2,1-2H3,(H,19,22)(H,20,23)(H,21,24). The van der Waals surface area contributed by atoms with E-state index in [-0.39, 0.29) is 19.0 Å². The molecule has 6 nitrogen and oxygen atoms in total. The highest BCUT2D eigenvalue weighted by Gasteiger charge is 2.30. The zero-order valence-electron chi connectivity index (χ0n) is 13.2. The normalized spacial score (nSPS) is 12.2. The lowest BCUT2D eigenvalue weighted by Crippen LogP contribution is -2.42. The van der Waals surface area contributed by atoms with Crippen LogP contribution in [-0.4, -0.2) is 30.8 Å². The number of rotatable bonds is 6. The van der Waals surface area contributed by atoms with Gasteiger partial charge in [0, 0.05) is 6.92 Å². The molecule has 0 aliphatic carbocycles. The van der Waals surface area contributed by atoms with Crippen LogP contribution in [0.15, 0.2) is 24.3 Å². The van der Waals surface area contributed by atoms with Crippen molar-refractivity contribution < 1.29 is 27.6 Å². The molecule has 0 bridgehead atoms. The van der Waals surface area contributed by atoms with Gasteiger partial charge in [-0.2, -0.15) is 13.2 Å². The Morgan fingerprint density at radius 3 is 2.29 bits per heavy atom. The Morgan fingerprint density at radius 1 is 1.08 bits per heavy atom. The maximum atomic E-state index is 12.7. The first-order chi connectivity index (χ1) is 11.1. The van der Waals surface area contributed by atoms with Gasteiger partial charge in [0.15, 0.2) is 0 Å². The van der Waals surface area contributed by atoms with Crippen LogP contribution in [-0.2, 0) is 20.6 Å². The molecule has 1 rings (SSSR count). The van der Waals surface area contributed by atoms with Gasteiger partial charge in [0.25, 0.3) is 0 Å². The minimum absolute atomic E-state index is 0.258. The molecule has 0 saturated heterocycles. The summed E-state index contributed by atoms with van der Waals surface area (Å²) in [6.07, 6.45) is -4.46. The predicted molar refractivity (Wildman–Crippen MR) is 79.7 cm³/mol. The van der Waals surface area contributed by atoms with Crippen molar-refractivity contribution in [1.29, 1.82) is 0 Å². The average molecular weight is 345 g/mol. The fourth-order valence-corrected chi connectivity index (χ4v) is 1.81. The molecule has 24 heavy (non-hydrogen) atoms. The van der Waals surface area contributed by atoms with E-state index in [2.05, 4.69) is 16.0 Å². The van der Waals surface area contributed by atoms with Gasteiger partial charge in [0.1, 0.15) is 0 Å². The van der Waals surface area contributed by atoms with Crippen LogP contribution in [0.2, 0.25) is 0 Å². The fourth-order valence-electron chi connectivity index (χ4n) is 1.81. The lowest BCUT2D eigenvalue weighted by atomic mass is 10.0. The summed E-state index contributed by atoms with van der Waals surface area (Å²) in [6, 6.07) is 3.97. The third-order valence-electron chi connectivity index (χ3n) is 3.04. The zero-order valence-corrected chi connectivity index (χ0v) is 13.2. The Bertz CT molecular complexity index is 617. The molecule has 3 N–H and O–H groups in total. The quantitative estimate of drug-likeness (QED) is 0.722. The number of halogens is 3. The molecule has 1 unspecified atom stereocenters. The number of hydrogen-bond donors (Lipinski definition) is 3. The van der Waals surface area contributed by atoms with Crippen LogP contribution >= 0.6 is 0 Å². The fraction of sp³-hybridized carbons (Fsp3) is 0.400. The molecule has 9 heteroatoms. The van der Waals surface area contributed by atoms with E-state index in [1.54, 1.807) is 0 Å². The molecule has 0 heterocycles. The van der Waals surface area contributed by atoms with Crippen LogP contribution in [0, 0.1) is 0 Å². The van der Waals surface area contributed by atoms with E-state index in [1.165, 1.54) is 26.0 Å². The summed E-state index contributed by atoms with van der Waals surface area (Å²) in [5, 5.41) is 7.04. The van der Waals surface area contributed by atoms with E-state index < -0.39 is 29.6 Å². The minimum atomic E-state index is -4.46. The Morgan fingerprint density at radius 2 is 1.71 bits per heavy atom. The van der Waals surface area contributed by atoms with Crippen molar-refractivity contribution in [2.75, 3.05) is 13.1 Å². The Labute approximate surface area is 136 Å². The smallest absolute Gasteiger partial charge is 0.348 e. The number of hydrogen-bond acceptors (Lipinski definition) is 3. The highest BCUT2D eigenvalue weighted by atomic mass is 19.4. The Hall–Kier alpha value is -2.58. The van der Waals surface area contributed by atoms with Gasteiger partial charge >= 0.3 is 6.18 Å². The molecule has 0 fully saturated rings. The van der Waals surface area contributed by atoms with Crippen LogP contribution < -0.4 is 16.0 Å². The van der Waals surface area contributed by atoms with Gasteiger partial charge < -0.3 is 16.0 Å². The van der Waals surface area contributed by atoms with Gasteiger partial charge in [-0.05, 0) is 24.6 Å². The Balaban J connectivity index is 2.52. The molecule has 0 spiro atoms. The van der Waals surface area contributed by atoms with Crippen molar-refractivity contribution in [3.05, 3.63) is 35.4 Å². The second kappa shape index (κ2) is 8.32. The summed E-state index contributed by atoms with van der Waals surface area (Å²) in [5.41, 5.74) is -0.507. The molecule has 0 radical (unpaired) electrons.